The highest BCUT2D eigenvalue weighted by Crippen LogP contribution is 2.26. The van der Waals surface area contributed by atoms with E-state index in [-0.39, 0.29) is 5.75 Å². The molecule has 0 spiro atoms. The molecule has 3 nitrogen and oxygen atoms in total. The van der Waals surface area contributed by atoms with Crippen LogP contribution in [0.4, 0.5) is 5.69 Å². The van der Waals surface area contributed by atoms with Gasteiger partial charge < -0.3 is 15.2 Å². The van der Waals surface area contributed by atoms with Gasteiger partial charge in [-0.05, 0) is 42.8 Å². The second kappa shape index (κ2) is 5.85. The monoisotopic (exact) mass is 277 g/mol. The van der Waals surface area contributed by atoms with Gasteiger partial charge in [-0.25, -0.2) is 0 Å². The molecule has 0 radical (unpaired) electrons. The molecule has 0 aliphatic carbocycles. The van der Waals surface area contributed by atoms with E-state index in [1.807, 2.05) is 25.1 Å². The van der Waals surface area contributed by atoms with Gasteiger partial charge in [0.15, 0.2) is 0 Å². The van der Waals surface area contributed by atoms with Gasteiger partial charge in [-0.3, -0.25) is 0 Å². The molecule has 0 saturated carbocycles. The maximum absolute atomic E-state index is 9.80. The van der Waals surface area contributed by atoms with Crippen molar-refractivity contribution in [2.75, 3.05) is 12.4 Å². The van der Waals surface area contributed by atoms with E-state index in [0.29, 0.717) is 17.3 Å². The van der Waals surface area contributed by atoms with Crippen molar-refractivity contribution >= 4 is 17.3 Å². The highest BCUT2D eigenvalue weighted by Gasteiger charge is 2.05. The summed E-state index contributed by atoms with van der Waals surface area (Å²) >= 11 is 6.11. The first-order valence-electron chi connectivity index (χ1n) is 5.96. The SMILES string of the molecule is COc1ccc(O)c(CNc2cc(C)ccc2Cl)c1. The van der Waals surface area contributed by atoms with Crippen LogP contribution in [0, 0.1) is 6.92 Å². The van der Waals surface area contributed by atoms with Crippen LogP contribution in [0.25, 0.3) is 0 Å². The summed E-state index contributed by atoms with van der Waals surface area (Å²) in [7, 11) is 1.60. The summed E-state index contributed by atoms with van der Waals surface area (Å²) in [5.74, 6) is 0.946. The first kappa shape index (κ1) is 13.6. The molecule has 2 N–H and O–H groups in total. The van der Waals surface area contributed by atoms with Crippen molar-refractivity contribution in [2.24, 2.45) is 0 Å². The Morgan fingerprint density at radius 1 is 1.21 bits per heavy atom. The molecule has 0 fully saturated rings. The fourth-order valence-electron chi connectivity index (χ4n) is 1.80. The van der Waals surface area contributed by atoms with Gasteiger partial charge in [0, 0.05) is 12.1 Å². The Balaban J connectivity index is 2.16. The lowest BCUT2D eigenvalue weighted by Crippen LogP contribution is -2.01. The second-order valence-corrected chi connectivity index (χ2v) is 4.74. The van der Waals surface area contributed by atoms with Gasteiger partial charge in [-0.15, -0.1) is 0 Å². The van der Waals surface area contributed by atoms with E-state index in [9.17, 15) is 5.11 Å². The van der Waals surface area contributed by atoms with Crippen molar-refractivity contribution in [3.05, 3.63) is 52.5 Å². The van der Waals surface area contributed by atoms with Crippen LogP contribution in [-0.2, 0) is 6.54 Å². The van der Waals surface area contributed by atoms with Crippen LogP contribution in [0.15, 0.2) is 36.4 Å². The highest BCUT2D eigenvalue weighted by atomic mass is 35.5. The van der Waals surface area contributed by atoms with Gasteiger partial charge >= 0.3 is 0 Å². The zero-order chi connectivity index (χ0) is 13.8. The molecule has 0 aromatic heterocycles. The quantitative estimate of drug-likeness (QED) is 0.888. The molecule has 0 unspecified atom stereocenters. The van der Waals surface area contributed by atoms with E-state index in [2.05, 4.69) is 5.32 Å². The van der Waals surface area contributed by atoms with Gasteiger partial charge in [-0.2, -0.15) is 0 Å². The molecule has 0 amide bonds. The van der Waals surface area contributed by atoms with Crippen molar-refractivity contribution in [1.29, 1.82) is 0 Å². The summed E-state index contributed by atoms with van der Waals surface area (Å²) < 4.78 is 5.14. The molecule has 0 aliphatic heterocycles. The largest absolute Gasteiger partial charge is 0.508 e. The van der Waals surface area contributed by atoms with Crippen molar-refractivity contribution in [3.63, 3.8) is 0 Å². The number of phenolic OH excluding ortho intramolecular Hbond substituents is 1. The number of hydrogen-bond donors (Lipinski definition) is 2. The Labute approximate surface area is 117 Å². The number of hydrogen-bond acceptors (Lipinski definition) is 3. The van der Waals surface area contributed by atoms with E-state index < -0.39 is 0 Å². The summed E-state index contributed by atoms with van der Waals surface area (Å²) in [4.78, 5) is 0. The normalized spacial score (nSPS) is 10.3. The number of ether oxygens (including phenoxy) is 1. The molecule has 0 atom stereocenters. The summed E-state index contributed by atoms with van der Waals surface area (Å²) in [5, 5.41) is 13.7. The molecule has 100 valence electrons. The van der Waals surface area contributed by atoms with E-state index in [0.717, 1.165) is 16.8 Å². The highest BCUT2D eigenvalue weighted by molar-refractivity contribution is 6.33. The summed E-state index contributed by atoms with van der Waals surface area (Å²) in [6.45, 7) is 2.48. The number of aromatic hydroxyl groups is 1. The van der Waals surface area contributed by atoms with E-state index in [4.69, 9.17) is 16.3 Å². The number of phenols is 1. The Hall–Kier alpha value is -1.87. The Kier molecular flexibility index (Phi) is 4.17. The zero-order valence-corrected chi connectivity index (χ0v) is 11.7. The van der Waals surface area contributed by atoms with Crippen LogP contribution in [0.2, 0.25) is 5.02 Å². The molecular formula is C15H16ClNO2. The van der Waals surface area contributed by atoms with Crippen molar-refractivity contribution in [3.8, 4) is 11.5 Å². The average molecular weight is 278 g/mol. The minimum absolute atomic E-state index is 0.233. The third kappa shape index (κ3) is 3.32. The van der Waals surface area contributed by atoms with E-state index >= 15 is 0 Å². The maximum Gasteiger partial charge on any atom is 0.120 e. The molecule has 19 heavy (non-hydrogen) atoms. The first-order chi connectivity index (χ1) is 9.10. The third-order valence-electron chi connectivity index (χ3n) is 2.88. The minimum atomic E-state index is 0.233. The molecule has 0 heterocycles. The van der Waals surface area contributed by atoms with Crippen LogP contribution < -0.4 is 10.1 Å². The molecule has 0 bridgehead atoms. The minimum Gasteiger partial charge on any atom is -0.508 e. The van der Waals surface area contributed by atoms with Crippen LogP contribution in [-0.4, -0.2) is 12.2 Å². The number of nitrogens with one attached hydrogen (secondary N) is 1. The Bertz CT molecular complexity index is 584. The Morgan fingerprint density at radius 3 is 2.74 bits per heavy atom. The number of benzene rings is 2. The number of aryl methyl sites for hydroxylation is 1. The number of anilines is 1. The van der Waals surface area contributed by atoms with Gasteiger partial charge in [0.1, 0.15) is 11.5 Å². The van der Waals surface area contributed by atoms with E-state index in [1.165, 1.54) is 0 Å². The smallest absolute Gasteiger partial charge is 0.120 e. The Morgan fingerprint density at radius 2 is 2.00 bits per heavy atom. The van der Waals surface area contributed by atoms with E-state index in [1.54, 1.807) is 25.3 Å². The van der Waals surface area contributed by atoms with Crippen molar-refractivity contribution < 1.29 is 9.84 Å². The lowest BCUT2D eigenvalue weighted by molar-refractivity contribution is 0.411. The van der Waals surface area contributed by atoms with Gasteiger partial charge in [0.25, 0.3) is 0 Å². The van der Waals surface area contributed by atoms with Crippen molar-refractivity contribution in [2.45, 2.75) is 13.5 Å². The molecule has 0 aliphatic rings. The molecule has 2 rings (SSSR count). The van der Waals surface area contributed by atoms with Crippen molar-refractivity contribution in [1.82, 2.24) is 0 Å². The molecule has 2 aromatic rings. The lowest BCUT2D eigenvalue weighted by Gasteiger charge is -2.11. The zero-order valence-electron chi connectivity index (χ0n) is 10.9. The van der Waals surface area contributed by atoms with Crippen LogP contribution in [0.5, 0.6) is 11.5 Å². The lowest BCUT2D eigenvalue weighted by atomic mass is 10.1. The predicted octanol–water partition coefficient (Wildman–Crippen LogP) is 3.97. The van der Waals surface area contributed by atoms with Crippen LogP contribution >= 0.6 is 11.6 Å². The molecule has 4 heteroatoms. The first-order valence-corrected chi connectivity index (χ1v) is 6.34. The molecule has 2 aromatic carbocycles. The van der Waals surface area contributed by atoms with Gasteiger partial charge in [0.2, 0.25) is 0 Å². The number of rotatable bonds is 4. The van der Waals surface area contributed by atoms with Crippen LogP contribution in [0.1, 0.15) is 11.1 Å². The standard InChI is InChI=1S/C15H16ClNO2/c1-10-3-5-13(16)14(7-10)17-9-11-8-12(19-2)4-6-15(11)18/h3-8,17-18H,9H2,1-2H3. The maximum atomic E-state index is 9.80. The second-order valence-electron chi connectivity index (χ2n) is 4.33. The molecular weight excluding hydrogens is 262 g/mol. The summed E-state index contributed by atoms with van der Waals surface area (Å²) in [6, 6.07) is 10.9. The van der Waals surface area contributed by atoms with Crippen LogP contribution in [0.3, 0.4) is 0 Å². The average Bonchev–Trinajstić information content (AvgIpc) is 2.41. The number of methoxy groups -OCH3 is 1. The predicted molar refractivity (Wildman–Crippen MR) is 78.2 cm³/mol. The fourth-order valence-corrected chi connectivity index (χ4v) is 1.98. The topological polar surface area (TPSA) is 41.5 Å². The summed E-state index contributed by atoms with van der Waals surface area (Å²) in [5.41, 5.74) is 2.74. The summed E-state index contributed by atoms with van der Waals surface area (Å²) in [6.07, 6.45) is 0. The fraction of sp³-hybridized carbons (Fsp3) is 0.200. The third-order valence-corrected chi connectivity index (χ3v) is 3.21. The van der Waals surface area contributed by atoms with Gasteiger partial charge in [-0.1, -0.05) is 17.7 Å². The number of halogens is 1. The molecule has 0 saturated heterocycles. The van der Waals surface area contributed by atoms with Gasteiger partial charge in [0.05, 0.1) is 17.8 Å².